The number of rotatable bonds is 7. The molecule has 61 heavy (non-hydrogen) atoms. The number of benzene rings is 7. The number of pyridine rings is 2. The molecule has 5 nitrogen and oxygen atoms in total. The second kappa shape index (κ2) is 15.7. The van der Waals surface area contributed by atoms with Gasteiger partial charge in [0.2, 0.25) is 0 Å². The van der Waals surface area contributed by atoms with E-state index in [1.54, 1.807) is 6.07 Å². The molecule has 0 radical (unpaired) electrons. The Balaban J connectivity index is 0.00000445. The molecule has 0 spiro atoms. The average molecular weight is 966 g/mol. The molecular formula is C55H36N3O2Pt-. The maximum atomic E-state index is 10.9. The van der Waals surface area contributed by atoms with Crippen LogP contribution >= 0.6 is 0 Å². The van der Waals surface area contributed by atoms with Crippen LogP contribution in [-0.4, -0.2) is 19.6 Å². The maximum absolute atomic E-state index is 10.9. The van der Waals surface area contributed by atoms with Crippen molar-refractivity contribution in [2.75, 3.05) is 0 Å². The minimum Gasteiger partial charge on any atom is -0.507 e. The van der Waals surface area contributed by atoms with Crippen molar-refractivity contribution in [3.05, 3.63) is 206 Å². The van der Waals surface area contributed by atoms with Gasteiger partial charge in [0.05, 0.1) is 17.1 Å². The van der Waals surface area contributed by atoms with Gasteiger partial charge < -0.3 is 14.1 Å². The molecule has 11 aromatic rings. The number of aryl methyl sites for hydroxylation is 1. The second-order valence-corrected chi connectivity index (χ2v) is 15.1. The van der Waals surface area contributed by atoms with Gasteiger partial charge in [-0.1, -0.05) is 132 Å². The third-order valence-corrected chi connectivity index (χ3v) is 11.2. The van der Waals surface area contributed by atoms with E-state index in [9.17, 15) is 5.11 Å². The Morgan fingerprint density at radius 2 is 1.05 bits per heavy atom. The van der Waals surface area contributed by atoms with Crippen molar-refractivity contribution in [3.63, 3.8) is 0 Å². The monoisotopic (exact) mass is 965 g/mol. The van der Waals surface area contributed by atoms with Crippen LogP contribution in [0.3, 0.4) is 0 Å². The Bertz CT molecular complexity index is 3410. The molecule has 4 aromatic heterocycles. The third kappa shape index (κ3) is 6.83. The minimum absolute atomic E-state index is 0. The molecule has 0 saturated heterocycles. The first-order valence-electron chi connectivity index (χ1n) is 20.0. The van der Waals surface area contributed by atoms with Crippen LogP contribution in [0.5, 0.6) is 5.75 Å². The van der Waals surface area contributed by atoms with E-state index in [0.717, 1.165) is 100 Å². The van der Waals surface area contributed by atoms with Crippen molar-refractivity contribution in [3.8, 4) is 78.9 Å². The molecule has 4 heterocycles. The number of nitrogens with zero attached hydrogens (tertiary/aromatic N) is 3. The van der Waals surface area contributed by atoms with Gasteiger partial charge in [-0.2, -0.15) is 0 Å². The van der Waals surface area contributed by atoms with Gasteiger partial charge in [-0.15, -0.1) is 24.3 Å². The Hall–Kier alpha value is -7.33. The van der Waals surface area contributed by atoms with E-state index >= 15 is 0 Å². The number of aromatic nitrogens is 3. The fourth-order valence-corrected chi connectivity index (χ4v) is 8.53. The fourth-order valence-electron chi connectivity index (χ4n) is 8.53. The molecule has 0 aliphatic rings. The summed E-state index contributed by atoms with van der Waals surface area (Å²) in [5.41, 5.74) is 14.6. The van der Waals surface area contributed by atoms with E-state index in [1.165, 1.54) is 0 Å². The standard InChI is InChI=1S/C55H36N3O2.Pt/c1-35-29-41(33-48(56-35)37-17-14-18-38(30-37)49-31-40(36-15-4-2-5-16-36)32-50(57-49)47-24-10-12-25-51(47)59)55-46-23-9-8-22-45(46)54(58(55)42-19-6-3-7-20-42)39-27-28-44-43-21-11-13-26-52(43)60-53(44)34-39;/h2-29,31-34,59H,1H3;/q-1;. The summed E-state index contributed by atoms with van der Waals surface area (Å²) in [6.45, 7) is 2.05. The summed E-state index contributed by atoms with van der Waals surface area (Å²) in [6, 6.07) is 69.8. The Kier molecular flexibility index (Phi) is 9.75. The summed E-state index contributed by atoms with van der Waals surface area (Å²) in [5, 5.41) is 15.3. The quantitative estimate of drug-likeness (QED) is 0.162. The molecular weight excluding hydrogens is 930 g/mol. The molecule has 11 rings (SSSR count). The molecule has 0 amide bonds. The summed E-state index contributed by atoms with van der Waals surface area (Å²) in [4.78, 5) is 10.2. The third-order valence-electron chi connectivity index (χ3n) is 11.2. The van der Waals surface area contributed by atoms with Gasteiger partial charge in [-0.25, -0.2) is 0 Å². The number of phenolic OH excluding ortho intramolecular Hbond substituents is 1. The molecule has 0 bridgehead atoms. The zero-order valence-electron chi connectivity index (χ0n) is 33.0. The summed E-state index contributed by atoms with van der Waals surface area (Å²) in [5.74, 6) is 0.182. The van der Waals surface area contributed by atoms with E-state index in [-0.39, 0.29) is 26.8 Å². The summed E-state index contributed by atoms with van der Waals surface area (Å²) < 4.78 is 8.79. The normalized spacial score (nSPS) is 11.3. The number of furan rings is 1. The van der Waals surface area contributed by atoms with Crippen molar-refractivity contribution < 1.29 is 30.6 Å². The van der Waals surface area contributed by atoms with E-state index in [0.29, 0.717) is 11.3 Å². The molecule has 0 aliphatic heterocycles. The predicted octanol–water partition coefficient (Wildman–Crippen LogP) is 14.1. The average Bonchev–Trinajstić information content (AvgIpc) is 3.85. The van der Waals surface area contributed by atoms with Crippen LogP contribution in [0.4, 0.5) is 0 Å². The van der Waals surface area contributed by atoms with E-state index in [1.807, 2.05) is 66.7 Å². The Morgan fingerprint density at radius 1 is 0.459 bits per heavy atom. The van der Waals surface area contributed by atoms with E-state index in [4.69, 9.17) is 14.4 Å². The van der Waals surface area contributed by atoms with Gasteiger partial charge in [-0.05, 0) is 78.2 Å². The molecule has 7 aromatic carbocycles. The first-order chi connectivity index (χ1) is 29.6. The van der Waals surface area contributed by atoms with Crippen molar-refractivity contribution in [2.24, 2.45) is 0 Å². The summed E-state index contributed by atoms with van der Waals surface area (Å²) >= 11 is 0. The molecule has 6 heteroatoms. The van der Waals surface area contributed by atoms with Gasteiger partial charge in [0.25, 0.3) is 0 Å². The van der Waals surface area contributed by atoms with Gasteiger partial charge >= 0.3 is 0 Å². The molecule has 0 atom stereocenters. The first-order valence-corrected chi connectivity index (χ1v) is 20.0. The largest absolute Gasteiger partial charge is 0.507 e. The van der Waals surface area contributed by atoms with Crippen molar-refractivity contribution in [2.45, 2.75) is 6.92 Å². The zero-order valence-corrected chi connectivity index (χ0v) is 35.3. The van der Waals surface area contributed by atoms with Crippen LogP contribution in [0.1, 0.15) is 5.69 Å². The smallest absolute Gasteiger partial charge is 0.136 e. The Labute approximate surface area is 367 Å². The number of hydrogen-bond acceptors (Lipinski definition) is 4. The van der Waals surface area contributed by atoms with Crippen LogP contribution in [0.25, 0.3) is 106 Å². The molecule has 294 valence electrons. The van der Waals surface area contributed by atoms with Gasteiger partial charge in [0, 0.05) is 76.5 Å². The molecule has 1 N–H and O–H groups in total. The molecule has 0 aliphatic carbocycles. The number of para-hydroxylation sites is 3. The maximum Gasteiger partial charge on any atom is 0.136 e. The van der Waals surface area contributed by atoms with E-state index in [2.05, 4.69) is 139 Å². The molecule has 0 unspecified atom stereocenters. The summed E-state index contributed by atoms with van der Waals surface area (Å²) in [6.07, 6.45) is 0. The van der Waals surface area contributed by atoms with Crippen LogP contribution < -0.4 is 0 Å². The molecule has 0 fully saturated rings. The fraction of sp³-hybridized carbons (Fsp3) is 0.0182. The summed E-state index contributed by atoms with van der Waals surface area (Å²) in [7, 11) is 0. The van der Waals surface area contributed by atoms with Crippen molar-refractivity contribution >= 4 is 32.7 Å². The van der Waals surface area contributed by atoms with Crippen LogP contribution in [0.2, 0.25) is 0 Å². The molecule has 0 saturated carbocycles. The SMILES string of the molecule is Cc1cc(-c2c3ccccc3c(-c3ccc4c(c3)oc3ccccc34)n2-c2ccccc2)cc(-c2[c-]c(-c3cc(-c4ccccc4)cc(-c4ccccc4O)n3)ccc2)n1.[Pt]. The topological polar surface area (TPSA) is 64.1 Å². The zero-order chi connectivity index (χ0) is 40.2. The van der Waals surface area contributed by atoms with Crippen molar-refractivity contribution in [1.29, 1.82) is 0 Å². The van der Waals surface area contributed by atoms with Crippen LogP contribution in [0, 0.1) is 13.0 Å². The number of aromatic hydroxyl groups is 1. The van der Waals surface area contributed by atoms with Crippen molar-refractivity contribution in [1.82, 2.24) is 14.5 Å². The van der Waals surface area contributed by atoms with Gasteiger partial charge in [-0.3, -0.25) is 9.97 Å². The van der Waals surface area contributed by atoms with Crippen LogP contribution in [-0.2, 0) is 21.1 Å². The number of phenols is 1. The first kappa shape index (κ1) is 37.9. The van der Waals surface area contributed by atoms with Gasteiger partial charge in [0.15, 0.2) is 0 Å². The number of fused-ring (bicyclic) bond motifs is 4. The minimum atomic E-state index is 0. The van der Waals surface area contributed by atoms with Gasteiger partial charge in [0.1, 0.15) is 16.9 Å². The van der Waals surface area contributed by atoms with E-state index < -0.39 is 0 Å². The predicted molar refractivity (Wildman–Crippen MR) is 244 cm³/mol. The Morgan fingerprint density at radius 3 is 1.80 bits per heavy atom. The van der Waals surface area contributed by atoms with Crippen LogP contribution in [0.15, 0.2) is 199 Å². The number of hydrogen-bond donors (Lipinski definition) is 1. The second-order valence-electron chi connectivity index (χ2n) is 15.1.